The molecule has 0 bridgehead atoms. The zero-order valence-corrected chi connectivity index (χ0v) is 9.68. The monoisotopic (exact) mass is 246 g/mol. The molecule has 0 saturated heterocycles. The van der Waals surface area contributed by atoms with Crippen molar-refractivity contribution in [3.63, 3.8) is 0 Å². The largest absolute Gasteiger partial charge is 0.370 e. The molecule has 1 aromatic carbocycles. The van der Waals surface area contributed by atoms with E-state index < -0.39 is 0 Å². The number of nitrogens with one attached hydrogen (secondary N) is 1. The maximum atomic E-state index is 11.4. The van der Waals surface area contributed by atoms with Crippen LogP contribution in [0.5, 0.6) is 0 Å². The van der Waals surface area contributed by atoms with E-state index in [4.69, 9.17) is 17.2 Å². The Bertz CT molecular complexity index is 544. The summed E-state index contributed by atoms with van der Waals surface area (Å²) < 4.78 is 0. The van der Waals surface area contributed by atoms with Crippen molar-refractivity contribution in [1.29, 1.82) is 0 Å². The van der Waals surface area contributed by atoms with Crippen LogP contribution in [0.4, 0.5) is 11.4 Å². The van der Waals surface area contributed by atoms with Crippen LogP contribution in [-0.4, -0.2) is 17.8 Å². The lowest BCUT2D eigenvalue weighted by molar-refractivity contribution is -0.116. The fourth-order valence-corrected chi connectivity index (χ4v) is 1.76. The van der Waals surface area contributed by atoms with Crippen LogP contribution in [-0.2, 0) is 11.2 Å². The van der Waals surface area contributed by atoms with Gasteiger partial charge in [-0.15, -0.1) is 0 Å². The predicted octanol–water partition coefficient (Wildman–Crippen LogP) is -0.209. The molecule has 1 amide bonds. The SMILES string of the molecule is NC(N)=NC(N)=Nc1cccc2c1NC(=O)CC2. The summed E-state index contributed by atoms with van der Waals surface area (Å²) in [7, 11) is 0. The summed E-state index contributed by atoms with van der Waals surface area (Å²) in [5.41, 5.74) is 18.2. The van der Waals surface area contributed by atoms with Crippen molar-refractivity contribution >= 4 is 29.2 Å². The van der Waals surface area contributed by atoms with Crippen molar-refractivity contribution in [3.8, 4) is 0 Å². The molecule has 7 heteroatoms. The minimum atomic E-state index is -0.162. The molecule has 0 atom stereocenters. The fourth-order valence-electron chi connectivity index (χ4n) is 1.76. The number of anilines is 1. The molecule has 7 nitrogen and oxygen atoms in total. The highest BCUT2D eigenvalue weighted by atomic mass is 16.1. The van der Waals surface area contributed by atoms with E-state index in [2.05, 4.69) is 15.3 Å². The molecule has 0 unspecified atom stereocenters. The van der Waals surface area contributed by atoms with E-state index in [1.54, 1.807) is 6.07 Å². The average Bonchev–Trinajstić information content (AvgIpc) is 2.28. The number of carbonyl (C=O) groups is 1. The summed E-state index contributed by atoms with van der Waals surface area (Å²) in [4.78, 5) is 19.1. The van der Waals surface area contributed by atoms with E-state index in [0.717, 1.165) is 5.56 Å². The lowest BCUT2D eigenvalue weighted by Crippen LogP contribution is -2.26. The Hall–Kier alpha value is -2.57. The van der Waals surface area contributed by atoms with Gasteiger partial charge in [-0.05, 0) is 18.1 Å². The van der Waals surface area contributed by atoms with Crippen LogP contribution < -0.4 is 22.5 Å². The van der Waals surface area contributed by atoms with Crippen molar-refractivity contribution in [2.75, 3.05) is 5.32 Å². The topological polar surface area (TPSA) is 132 Å². The van der Waals surface area contributed by atoms with E-state index in [1.807, 2.05) is 12.1 Å². The molecule has 0 radical (unpaired) electrons. The van der Waals surface area contributed by atoms with Crippen molar-refractivity contribution in [1.82, 2.24) is 0 Å². The first kappa shape index (κ1) is 11.9. The molecule has 2 rings (SSSR count). The maximum Gasteiger partial charge on any atom is 0.224 e. The second kappa shape index (κ2) is 4.74. The summed E-state index contributed by atoms with van der Waals surface area (Å²) in [6.45, 7) is 0. The van der Waals surface area contributed by atoms with E-state index in [9.17, 15) is 4.79 Å². The van der Waals surface area contributed by atoms with Gasteiger partial charge in [0.15, 0.2) is 5.96 Å². The third-order valence-electron chi connectivity index (χ3n) is 2.49. The van der Waals surface area contributed by atoms with Gasteiger partial charge in [-0.3, -0.25) is 4.79 Å². The fraction of sp³-hybridized carbons (Fsp3) is 0.182. The van der Waals surface area contributed by atoms with Gasteiger partial charge in [0.05, 0.1) is 11.4 Å². The molecule has 1 aliphatic heterocycles. The first-order chi connectivity index (χ1) is 8.56. The zero-order valence-electron chi connectivity index (χ0n) is 9.68. The smallest absolute Gasteiger partial charge is 0.224 e. The summed E-state index contributed by atoms with van der Waals surface area (Å²) in [5.74, 6) is -0.251. The standard InChI is InChI=1S/C11H14N6O/c12-10(13)17-11(14)15-7-3-1-2-6-4-5-8(18)16-9(6)7/h1-3H,4-5H2,(H,16,18)(H6,12,13,14,15,17). The lowest BCUT2D eigenvalue weighted by Gasteiger charge is -2.18. The van der Waals surface area contributed by atoms with Crippen LogP contribution >= 0.6 is 0 Å². The molecule has 0 aliphatic carbocycles. The van der Waals surface area contributed by atoms with Gasteiger partial charge in [0.2, 0.25) is 11.9 Å². The highest BCUT2D eigenvalue weighted by molar-refractivity contribution is 5.99. The third-order valence-corrected chi connectivity index (χ3v) is 2.49. The summed E-state index contributed by atoms with van der Waals surface area (Å²) in [6, 6.07) is 5.52. The number of rotatable bonds is 1. The maximum absolute atomic E-state index is 11.4. The second-order valence-corrected chi connectivity index (χ2v) is 3.87. The Labute approximate surface area is 104 Å². The zero-order chi connectivity index (χ0) is 13.1. The Morgan fingerprint density at radius 2 is 2.00 bits per heavy atom. The first-order valence-corrected chi connectivity index (χ1v) is 5.42. The van der Waals surface area contributed by atoms with E-state index >= 15 is 0 Å². The predicted molar refractivity (Wildman–Crippen MR) is 70.5 cm³/mol. The number of guanidine groups is 2. The number of nitrogens with zero attached hydrogens (tertiary/aromatic N) is 2. The van der Waals surface area contributed by atoms with Crippen molar-refractivity contribution < 1.29 is 4.79 Å². The summed E-state index contributed by atoms with van der Waals surface area (Å²) >= 11 is 0. The van der Waals surface area contributed by atoms with Crippen LogP contribution in [0.25, 0.3) is 0 Å². The number of amides is 1. The van der Waals surface area contributed by atoms with E-state index in [-0.39, 0.29) is 17.8 Å². The minimum Gasteiger partial charge on any atom is -0.370 e. The van der Waals surface area contributed by atoms with Crippen molar-refractivity contribution in [3.05, 3.63) is 23.8 Å². The molecule has 7 N–H and O–H groups in total. The van der Waals surface area contributed by atoms with E-state index in [0.29, 0.717) is 24.2 Å². The molecule has 18 heavy (non-hydrogen) atoms. The number of fused-ring (bicyclic) bond motifs is 1. The number of hydrogen-bond acceptors (Lipinski definition) is 2. The molecular weight excluding hydrogens is 232 g/mol. The highest BCUT2D eigenvalue weighted by Gasteiger charge is 2.17. The molecule has 0 spiro atoms. The van der Waals surface area contributed by atoms with Gasteiger partial charge >= 0.3 is 0 Å². The van der Waals surface area contributed by atoms with Gasteiger partial charge in [0, 0.05) is 6.42 Å². The van der Waals surface area contributed by atoms with Crippen molar-refractivity contribution in [2.24, 2.45) is 27.2 Å². The Kier molecular flexibility index (Phi) is 3.13. The normalized spacial score (nSPS) is 14.7. The Morgan fingerprint density at radius 1 is 1.22 bits per heavy atom. The molecular formula is C11H14N6O. The van der Waals surface area contributed by atoms with Crippen LogP contribution in [0.1, 0.15) is 12.0 Å². The number of carbonyl (C=O) groups excluding carboxylic acids is 1. The van der Waals surface area contributed by atoms with Gasteiger partial charge < -0.3 is 22.5 Å². The highest BCUT2D eigenvalue weighted by Crippen LogP contribution is 2.32. The molecule has 1 aliphatic rings. The minimum absolute atomic E-state index is 0.0365. The van der Waals surface area contributed by atoms with Crippen LogP contribution in [0.15, 0.2) is 28.2 Å². The van der Waals surface area contributed by atoms with Crippen LogP contribution in [0.3, 0.4) is 0 Å². The summed E-state index contributed by atoms with van der Waals surface area (Å²) in [5, 5.41) is 2.77. The van der Waals surface area contributed by atoms with Gasteiger partial charge in [-0.1, -0.05) is 12.1 Å². The number of benzene rings is 1. The number of aliphatic imine (C=N–C) groups is 2. The molecule has 0 saturated carbocycles. The molecule has 0 fully saturated rings. The quantitative estimate of drug-likeness (QED) is 0.403. The number of aryl methyl sites for hydroxylation is 1. The van der Waals surface area contributed by atoms with Gasteiger partial charge in [-0.2, -0.15) is 4.99 Å². The lowest BCUT2D eigenvalue weighted by atomic mass is 10.0. The molecule has 1 aromatic rings. The van der Waals surface area contributed by atoms with Crippen LogP contribution in [0.2, 0.25) is 0 Å². The summed E-state index contributed by atoms with van der Waals surface area (Å²) in [6.07, 6.45) is 1.16. The number of hydrogen-bond donors (Lipinski definition) is 4. The Morgan fingerprint density at radius 3 is 2.72 bits per heavy atom. The second-order valence-electron chi connectivity index (χ2n) is 3.87. The number of para-hydroxylation sites is 1. The van der Waals surface area contributed by atoms with Crippen LogP contribution in [0, 0.1) is 0 Å². The average molecular weight is 246 g/mol. The molecule has 0 aromatic heterocycles. The Balaban J connectivity index is 2.40. The third kappa shape index (κ3) is 2.57. The number of nitrogens with two attached hydrogens (primary N) is 3. The first-order valence-electron chi connectivity index (χ1n) is 5.42. The molecule has 1 heterocycles. The van der Waals surface area contributed by atoms with Gasteiger partial charge in [0.1, 0.15) is 0 Å². The van der Waals surface area contributed by atoms with E-state index in [1.165, 1.54) is 0 Å². The van der Waals surface area contributed by atoms with Gasteiger partial charge in [0.25, 0.3) is 0 Å². The van der Waals surface area contributed by atoms with Crippen molar-refractivity contribution in [2.45, 2.75) is 12.8 Å². The molecule has 94 valence electrons. The van der Waals surface area contributed by atoms with Gasteiger partial charge in [-0.25, -0.2) is 4.99 Å².